The third kappa shape index (κ3) is 3.52. The van der Waals surface area contributed by atoms with Gasteiger partial charge < -0.3 is 14.9 Å². The Balaban J connectivity index is 2.66. The van der Waals surface area contributed by atoms with Gasteiger partial charge in [0, 0.05) is 30.6 Å². The molecule has 1 rings (SSSR count). The van der Waals surface area contributed by atoms with E-state index in [0.717, 1.165) is 5.75 Å². The van der Waals surface area contributed by atoms with Crippen LogP contribution in [-0.2, 0) is 4.79 Å². The lowest BCUT2D eigenvalue weighted by Crippen LogP contribution is -2.53. The number of urea groups is 1. The highest BCUT2D eigenvalue weighted by atomic mass is 32.2. The zero-order chi connectivity index (χ0) is 13.2. The third-order valence-electron chi connectivity index (χ3n) is 2.94. The van der Waals surface area contributed by atoms with Gasteiger partial charge >= 0.3 is 12.0 Å². The summed E-state index contributed by atoms with van der Waals surface area (Å²) >= 11 is 1.84. The quantitative estimate of drug-likeness (QED) is 0.814. The molecule has 0 bridgehead atoms. The molecule has 5 nitrogen and oxygen atoms in total. The molecule has 1 saturated heterocycles. The second-order valence-electron chi connectivity index (χ2n) is 4.94. The molecule has 17 heavy (non-hydrogen) atoms. The van der Waals surface area contributed by atoms with Crippen molar-refractivity contribution < 1.29 is 14.7 Å². The summed E-state index contributed by atoms with van der Waals surface area (Å²) in [6, 6.07) is -0.992. The highest BCUT2D eigenvalue weighted by Gasteiger charge is 2.33. The number of aliphatic carboxylic acids is 1. The molecular formula is C11H20N2O3S. The van der Waals surface area contributed by atoms with Crippen LogP contribution >= 0.6 is 11.8 Å². The first kappa shape index (κ1) is 14.2. The van der Waals surface area contributed by atoms with Gasteiger partial charge in [0.15, 0.2) is 0 Å². The van der Waals surface area contributed by atoms with E-state index in [1.807, 2.05) is 11.8 Å². The Hall–Kier alpha value is -0.910. The number of nitrogens with zero attached hydrogens (tertiary/aromatic N) is 2. The van der Waals surface area contributed by atoms with Gasteiger partial charge in [-0.25, -0.2) is 9.59 Å². The molecule has 1 aliphatic rings. The summed E-state index contributed by atoms with van der Waals surface area (Å²) < 4.78 is 0.0429. The highest BCUT2D eigenvalue weighted by molar-refractivity contribution is 8.00. The predicted molar refractivity (Wildman–Crippen MR) is 68.4 cm³/mol. The van der Waals surface area contributed by atoms with Crippen molar-refractivity contribution in [2.45, 2.75) is 31.6 Å². The van der Waals surface area contributed by atoms with Crippen LogP contribution in [0.15, 0.2) is 0 Å². The van der Waals surface area contributed by atoms with E-state index in [-0.39, 0.29) is 10.8 Å². The van der Waals surface area contributed by atoms with E-state index in [9.17, 15) is 9.59 Å². The molecule has 1 aliphatic heterocycles. The molecule has 0 aliphatic carbocycles. The van der Waals surface area contributed by atoms with E-state index in [0.29, 0.717) is 13.1 Å². The first-order valence-corrected chi connectivity index (χ1v) is 6.61. The molecule has 0 aromatic carbocycles. The van der Waals surface area contributed by atoms with Crippen molar-refractivity contribution in [3.8, 4) is 0 Å². The van der Waals surface area contributed by atoms with Gasteiger partial charge in [0.25, 0.3) is 0 Å². The van der Waals surface area contributed by atoms with Gasteiger partial charge in [0.1, 0.15) is 6.04 Å². The van der Waals surface area contributed by atoms with E-state index in [2.05, 4.69) is 13.8 Å². The number of thioether (sulfide) groups is 1. The van der Waals surface area contributed by atoms with Gasteiger partial charge in [-0.3, -0.25) is 0 Å². The van der Waals surface area contributed by atoms with E-state index in [4.69, 9.17) is 5.11 Å². The number of rotatable bonds is 2. The lowest BCUT2D eigenvalue weighted by atomic mass is 10.2. The van der Waals surface area contributed by atoms with Gasteiger partial charge in [0.2, 0.25) is 0 Å². The van der Waals surface area contributed by atoms with Crippen molar-refractivity contribution in [3.05, 3.63) is 0 Å². The Morgan fingerprint density at radius 3 is 2.53 bits per heavy atom. The number of hydrogen-bond acceptors (Lipinski definition) is 3. The van der Waals surface area contributed by atoms with Crippen molar-refractivity contribution in [3.63, 3.8) is 0 Å². The van der Waals surface area contributed by atoms with Crippen LogP contribution in [0.25, 0.3) is 0 Å². The number of carboxylic acid groups (broad SMARTS) is 1. The Bertz CT molecular complexity index is 320. The van der Waals surface area contributed by atoms with Crippen LogP contribution in [0.1, 0.15) is 20.8 Å². The Labute approximate surface area is 106 Å². The van der Waals surface area contributed by atoms with Gasteiger partial charge in [-0.1, -0.05) is 0 Å². The molecule has 1 N–H and O–H groups in total. The fourth-order valence-electron chi connectivity index (χ4n) is 1.73. The van der Waals surface area contributed by atoms with Crippen LogP contribution < -0.4 is 0 Å². The molecule has 1 atom stereocenters. The lowest BCUT2D eigenvalue weighted by molar-refractivity contribution is -0.141. The standard InChI is InChI=1S/C11H20N2O3S/c1-8(9(14)15)12(4)10(16)13-5-6-17-11(2,3)7-13/h8H,5-7H2,1-4H3,(H,14,15). The van der Waals surface area contributed by atoms with Gasteiger partial charge in [-0.2, -0.15) is 11.8 Å². The van der Waals surface area contributed by atoms with Crippen molar-refractivity contribution in [1.82, 2.24) is 9.80 Å². The zero-order valence-corrected chi connectivity index (χ0v) is 11.6. The Morgan fingerprint density at radius 2 is 2.06 bits per heavy atom. The molecule has 98 valence electrons. The summed E-state index contributed by atoms with van der Waals surface area (Å²) in [5.74, 6) is -0.0832. The Morgan fingerprint density at radius 1 is 1.47 bits per heavy atom. The molecule has 6 heteroatoms. The van der Waals surface area contributed by atoms with Crippen molar-refractivity contribution >= 4 is 23.8 Å². The largest absolute Gasteiger partial charge is 0.480 e. The molecule has 1 heterocycles. The molecule has 0 radical (unpaired) electrons. The molecule has 0 spiro atoms. The van der Waals surface area contributed by atoms with Crippen LogP contribution in [0.2, 0.25) is 0 Å². The molecule has 0 saturated carbocycles. The summed E-state index contributed by atoms with van der Waals surface area (Å²) in [7, 11) is 1.54. The van der Waals surface area contributed by atoms with Crippen LogP contribution in [-0.4, -0.2) is 63.6 Å². The van der Waals surface area contributed by atoms with Crippen molar-refractivity contribution in [2.24, 2.45) is 0 Å². The SMILES string of the molecule is CC(C(=O)O)N(C)C(=O)N1CCSC(C)(C)C1. The number of carboxylic acids is 1. The summed E-state index contributed by atoms with van der Waals surface area (Å²) in [6.07, 6.45) is 0. The highest BCUT2D eigenvalue weighted by Crippen LogP contribution is 2.29. The first-order valence-electron chi connectivity index (χ1n) is 5.63. The smallest absolute Gasteiger partial charge is 0.326 e. The average molecular weight is 260 g/mol. The van der Waals surface area contributed by atoms with Crippen LogP contribution in [0.4, 0.5) is 4.79 Å². The minimum absolute atomic E-state index is 0.0429. The van der Waals surface area contributed by atoms with Crippen molar-refractivity contribution in [2.75, 3.05) is 25.9 Å². The number of carbonyl (C=O) groups is 2. The monoisotopic (exact) mass is 260 g/mol. The van der Waals surface area contributed by atoms with E-state index in [1.54, 1.807) is 4.90 Å². The second kappa shape index (κ2) is 5.16. The first-order chi connectivity index (χ1) is 7.74. The predicted octanol–water partition coefficient (Wildman–Crippen LogP) is 1.34. The van der Waals surface area contributed by atoms with E-state index < -0.39 is 12.0 Å². The van der Waals surface area contributed by atoms with Gasteiger partial charge in [-0.15, -0.1) is 0 Å². The third-order valence-corrected chi connectivity index (χ3v) is 4.23. The lowest BCUT2D eigenvalue weighted by Gasteiger charge is -2.39. The van der Waals surface area contributed by atoms with E-state index >= 15 is 0 Å². The van der Waals surface area contributed by atoms with Crippen LogP contribution in [0.5, 0.6) is 0 Å². The summed E-state index contributed by atoms with van der Waals surface area (Å²) in [5, 5.41) is 8.89. The topological polar surface area (TPSA) is 60.9 Å². The van der Waals surface area contributed by atoms with Crippen LogP contribution in [0, 0.1) is 0 Å². The number of carbonyl (C=O) groups excluding carboxylic acids is 1. The normalized spacial score (nSPS) is 20.8. The number of likely N-dealkylation sites (N-methyl/N-ethyl adjacent to an activating group) is 1. The fourth-order valence-corrected chi connectivity index (χ4v) is 2.85. The van der Waals surface area contributed by atoms with Gasteiger partial charge in [-0.05, 0) is 20.8 Å². The van der Waals surface area contributed by atoms with Gasteiger partial charge in [0.05, 0.1) is 0 Å². The fraction of sp³-hybridized carbons (Fsp3) is 0.818. The number of amides is 2. The summed E-state index contributed by atoms with van der Waals surface area (Å²) in [4.78, 5) is 26.0. The van der Waals surface area contributed by atoms with Crippen molar-refractivity contribution in [1.29, 1.82) is 0 Å². The second-order valence-corrected chi connectivity index (χ2v) is 6.74. The maximum atomic E-state index is 12.1. The maximum Gasteiger partial charge on any atom is 0.326 e. The number of hydrogen-bond donors (Lipinski definition) is 1. The summed E-state index contributed by atoms with van der Waals surface area (Å²) in [6.45, 7) is 7.05. The van der Waals surface area contributed by atoms with Crippen LogP contribution in [0.3, 0.4) is 0 Å². The average Bonchev–Trinajstić information content (AvgIpc) is 2.24. The Kier molecular flexibility index (Phi) is 4.30. The molecule has 1 fully saturated rings. The zero-order valence-electron chi connectivity index (χ0n) is 10.8. The summed E-state index contributed by atoms with van der Waals surface area (Å²) in [5.41, 5.74) is 0. The molecular weight excluding hydrogens is 240 g/mol. The molecule has 0 aromatic heterocycles. The van der Waals surface area contributed by atoms with E-state index in [1.165, 1.54) is 18.9 Å². The maximum absolute atomic E-state index is 12.1. The molecule has 2 amide bonds. The molecule has 0 aromatic rings. The molecule has 1 unspecified atom stereocenters. The minimum atomic E-state index is -0.980. The minimum Gasteiger partial charge on any atom is -0.480 e.